The summed E-state index contributed by atoms with van der Waals surface area (Å²) in [4.78, 5) is 38.2. The summed E-state index contributed by atoms with van der Waals surface area (Å²) in [5.41, 5.74) is 1.31. The molecular weight excluding hydrogens is 440 g/mol. The van der Waals surface area contributed by atoms with Gasteiger partial charge in [0.25, 0.3) is 11.8 Å². The van der Waals surface area contributed by atoms with Crippen molar-refractivity contribution >= 4 is 51.4 Å². The van der Waals surface area contributed by atoms with E-state index in [4.69, 9.17) is 21.1 Å². The Morgan fingerprint density at radius 1 is 0.968 bits per heavy atom. The number of halogens is 1. The largest absolute Gasteiger partial charge is 0.495 e. The molecule has 0 atom stereocenters. The van der Waals surface area contributed by atoms with E-state index in [9.17, 15) is 14.4 Å². The number of nitrogens with one attached hydrogen (secondary N) is 2. The maximum atomic E-state index is 12.9. The second-order valence-electron chi connectivity index (χ2n) is 6.37. The quantitative estimate of drug-likeness (QED) is 0.506. The van der Waals surface area contributed by atoms with Crippen LogP contribution in [0, 0.1) is 6.92 Å². The van der Waals surface area contributed by atoms with Crippen LogP contribution in [0.15, 0.2) is 48.5 Å². The molecule has 1 heterocycles. The summed E-state index contributed by atoms with van der Waals surface area (Å²) in [6.45, 7) is 1.62. The maximum Gasteiger partial charge on any atom is 0.341 e. The predicted octanol–water partition coefficient (Wildman–Crippen LogP) is 5.01. The molecule has 0 saturated heterocycles. The van der Waals surface area contributed by atoms with Gasteiger partial charge < -0.3 is 20.1 Å². The van der Waals surface area contributed by atoms with Crippen LogP contribution in [0.25, 0.3) is 0 Å². The van der Waals surface area contributed by atoms with Crippen LogP contribution in [-0.4, -0.2) is 32.0 Å². The molecule has 1 aromatic heterocycles. The van der Waals surface area contributed by atoms with E-state index in [1.807, 2.05) is 0 Å². The highest BCUT2D eigenvalue weighted by molar-refractivity contribution is 7.19. The standard InChI is InChI=1S/C22H19ClN2O5S/c1-12-17(22(28)30-3)21(25-19(26)13-7-6-8-14(23)11-13)31-18(12)20(27)24-15-9-4-5-10-16(15)29-2/h4-11H,1-3H3,(H,24,27)(H,25,26). The van der Waals surface area contributed by atoms with Gasteiger partial charge in [-0.25, -0.2) is 4.79 Å². The van der Waals surface area contributed by atoms with Crippen molar-refractivity contribution in [1.82, 2.24) is 0 Å². The highest BCUT2D eigenvalue weighted by Gasteiger charge is 2.27. The Morgan fingerprint density at radius 2 is 1.71 bits per heavy atom. The number of hydrogen-bond acceptors (Lipinski definition) is 6. The molecule has 0 bridgehead atoms. The van der Waals surface area contributed by atoms with Gasteiger partial charge in [-0.1, -0.05) is 29.8 Å². The summed E-state index contributed by atoms with van der Waals surface area (Å²) in [5.74, 6) is -1.08. The number of anilines is 2. The van der Waals surface area contributed by atoms with Gasteiger partial charge in [-0.3, -0.25) is 9.59 Å². The monoisotopic (exact) mass is 458 g/mol. The molecule has 0 aliphatic heterocycles. The molecule has 9 heteroatoms. The lowest BCUT2D eigenvalue weighted by Crippen LogP contribution is -2.14. The number of methoxy groups -OCH3 is 2. The summed E-state index contributed by atoms with van der Waals surface area (Å²) < 4.78 is 10.1. The molecule has 0 fully saturated rings. The molecular formula is C22H19ClN2O5S. The van der Waals surface area contributed by atoms with Gasteiger partial charge in [-0.2, -0.15) is 0 Å². The Balaban J connectivity index is 1.95. The highest BCUT2D eigenvalue weighted by Crippen LogP contribution is 2.35. The summed E-state index contributed by atoms with van der Waals surface area (Å²) in [7, 11) is 2.73. The van der Waals surface area contributed by atoms with E-state index in [1.165, 1.54) is 20.3 Å². The van der Waals surface area contributed by atoms with Crippen LogP contribution in [0.1, 0.15) is 36.0 Å². The summed E-state index contributed by atoms with van der Waals surface area (Å²) in [6.07, 6.45) is 0. The van der Waals surface area contributed by atoms with Gasteiger partial charge in [-0.15, -0.1) is 11.3 Å². The second-order valence-corrected chi connectivity index (χ2v) is 7.83. The van der Waals surface area contributed by atoms with Crippen molar-refractivity contribution in [2.45, 2.75) is 6.92 Å². The zero-order chi connectivity index (χ0) is 22.5. The van der Waals surface area contributed by atoms with Crippen molar-refractivity contribution in [2.75, 3.05) is 24.9 Å². The number of para-hydroxylation sites is 2. The minimum absolute atomic E-state index is 0.119. The lowest BCUT2D eigenvalue weighted by atomic mass is 10.1. The van der Waals surface area contributed by atoms with Gasteiger partial charge in [0.15, 0.2) is 0 Å². The molecule has 0 radical (unpaired) electrons. The van der Waals surface area contributed by atoms with Crippen LogP contribution in [0.2, 0.25) is 5.02 Å². The van der Waals surface area contributed by atoms with Crippen molar-refractivity contribution in [3.8, 4) is 5.75 Å². The fraction of sp³-hybridized carbons (Fsp3) is 0.136. The van der Waals surface area contributed by atoms with Crippen molar-refractivity contribution in [1.29, 1.82) is 0 Å². The van der Waals surface area contributed by atoms with Crippen LogP contribution in [0.3, 0.4) is 0 Å². The third-order valence-electron chi connectivity index (χ3n) is 4.41. The Morgan fingerprint density at radius 3 is 2.39 bits per heavy atom. The van der Waals surface area contributed by atoms with Gasteiger partial charge >= 0.3 is 5.97 Å². The van der Waals surface area contributed by atoms with Crippen molar-refractivity contribution in [3.05, 3.63) is 75.1 Å². The second kappa shape index (κ2) is 9.63. The van der Waals surface area contributed by atoms with Crippen LogP contribution >= 0.6 is 22.9 Å². The average Bonchev–Trinajstić information content (AvgIpc) is 3.09. The Hall–Kier alpha value is -3.36. The number of thiophene rings is 1. The molecule has 0 aliphatic carbocycles. The third-order valence-corrected chi connectivity index (χ3v) is 5.85. The number of esters is 1. The number of amides is 2. The third kappa shape index (κ3) is 4.87. The fourth-order valence-electron chi connectivity index (χ4n) is 2.90. The van der Waals surface area contributed by atoms with Crippen LogP contribution < -0.4 is 15.4 Å². The highest BCUT2D eigenvalue weighted by atomic mass is 35.5. The smallest absolute Gasteiger partial charge is 0.341 e. The summed E-state index contributed by atoms with van der Waals surface area (Å²) in [5, 5.41) is 6.07. The number of carbonyl (C=O) groups is 3. The molecule has 0 unspecified atom stereocenters. The predicted molar refractivity (Wildman–Crippen MR) is 121 cm³/mol. The molecule has 7 nitrogen and oxygen atoms in total. The molecule has 160 valence electrons. The van der Waals surface area contributed by atoms with E-state index < -0.39 is 17.8 Å². The van der Waals surface area contributed by atoms with Gasteiger partial charge in [0.2, 0.25) is 0 Å². The molecule has 31 heavy (non-hydrogen) atoms. The first-order chi connectivity index (χ1) is 14.8. The van der Waals surface area contributed by atoms with Crippen molar-refractivity contribution < 1.29 is 23.9 Å². The van der Waals surface area contributed by atoms with Gasteiger partial charge in [0.1, 0.15) is 10.8 Å². The van der Waals surface area contributed by atoms with Crippen molar-refractivity contribution in [2.24, 2.45) is 0 Å². The molecule has 0 spiro atoms. The van der Waals surface area contributed by atoms with E-state index in [2.05, 4.69) is 10.6 Å². The SMILES string of the molecule is COC(=O)c1c(NC(=O)c2cccc(Cl)c2)sc(C(=O)Nc2ccccc2OC)c1C. The lowest BCUT2D eigenvalue weighted by Gasteiger charge is -2.09. The molecule has 3 aromatic rings. The number of ether oxygens (including phenoxy) is 2. The van der Waals surface area contributed by atoms with Crippen LogP contribution in [-0.2, 0) is 4.74 Å². The van der Waals surface area contributed by atoms with E-state index >= 15 is 0 Å². The number of carbonyl (C=O) groups excluding carboxylic acids is 3. The van der Waals surface area contributed by atoms with Gasteiger partial charge in [0, 0.05) is 10.6 Å². The number of rotatable bonds is 6. The zero-order valence-electron chi connectivity index (χ0n) is 16.9. The molecule has 2 amide bonds. The zero-order valence-corrected chi connectivity index (χ0v) is 18.5. The first-order valence-electron chi connectivity index (χ1n) is 9.08. The van der Waals surface area contributed by atoms with Crippen LogP contribution in [0.5, 0.6) is 5.75 Å². The minimum atomic E-state index is -0.661. The Kier molecular flexibility index (Phi) is 6.94. The summed E-state index contributed by atoms with van der Waals surface area (Å²) >= 11 is 6.93. The maximum absolute atomic E-state index is 12.9. The molecule has 0 aliphatic rings. The van der Waals surface area contributed by atoms with E-state index in [0.29, 0.717) is 27.6 Å². The number of benzene rings is 2. The van der Waals surface area contributed by atoms with E-state index in [0.717, 1.165) is 11.3 Å². The first kappa shape index (κ1) is 22.3. The lowest BCUT2D eigenvalue weighted by molar-refractivity contribution is 0.0601. The number of hydrogen-bond donors (Lipinski definition) is 2. The van der Waals surface area contributed by atoms with Gasteiger partial charge in [0.05, 0.1) is 30.3 Å². The first-order valence-corrected chi connectivity index (χ1v) is 10.3. The molecule has 3 rings (SSSR count). The normalized spacial score (nSPS) is 10.3. The van der Waals surface area contributed by atoms with Crippen molar-refractivity contribution in [3.63, 3.8) is 0 Å². The summed E-state index contributed by atoms with van der Waals surface area (Å²) in [6, 6.07) is 13.3. The Bertz CT molecular complexity index is 1160. The van der Waals surface area contributed by atoms with E-state index in [-0.39, 0.29) is 15.4 Å². The molecule has 2 N–H and O–H groups in total. The Labute approximate surface area is 187 Å². The topological polar surface area (TPSA) is 93.7 Å². The van der Waals surface area contributed by atoms with E-state index in [1.54, 1.807) is 49.4 Å². The fourth-order valence-corrected chi connectivity index (χ4v) is 4.17. The molecule has 2 aromatic carbocycles. The van der Waals surface area contributed by atoms with Gasteiger partial charge in [-0.05, 0) is 42.8 Å². The average molecular weight is 459 g/mol. The van der Waals surface area contributed by atoms with Crippen LogP contribution in [0.4, 0.5) is 10.7 Å². The molecule has 0 saturated carbocycles. The minimum Gasteiger partial charge on any atom is -0.495 e.